The molecule has 6 heteroatoms. The van der Waals surface area contributed by atoms with Gasteiger partial charge in [0.25, 0.3) is 5.56 Å². The second-order valence-corrected chi connectivity index (χ2v) is 4.33. The van der Waals surface area contributed by atoms with Crippen LogP contribution < -0.4 is 11.3 Å². The summed E-state index contributed by atoms with van der Waals surface area (Å²) in [6, 6.07) is 2.98. The lowest BCUT2D eigenvalue weighted by Crippen LogP contribution is -2.17. The zero-order valence-corrected chi connectivity index (χ0v) is 10.00. The van der Waals surface area contributed by atoms with E-state index in [-0.39, 0.29) is 17.3 Å². The van der Waals surface area contributed by atoms with E-state index in [0.717, 1.165) is 10.7 Å². The monoisotopic (exact) mass is 253 g/mol. The molecule has 1 aromatic carbocycles. The maximum atomic E-state index is 13.6. The molecule has 0 fully saturated rings. The SMILES string of the molecule is CC(C)c1[nH]n(-c2ccc(F)cc2F)c(=O)c1N. The maximum absolute atomic E-state index is 13.6. The molecular weight excluding hydrogens is 240 g/mol. The van der Waals surface area contributed by atoms with Crippen molar-refractivity contribution in [2.24, 2.45) is 0 Å². The molecule has 1 aromatic heterocycles. The van der Waals surface area contributed by atoms with Gasteiger partial charge in [-0.05, 0) is 18.1 Å². The van der Waals surface area contributed by atoms with Crippen molar-refractivity contribution in [3.63, 3.8) is 0 Å². The van der Waals surface area contributed by atoms with E-state index in [1.165, 1.54) is 6.07 Å². The smallest absolute Gasteiger partial charge is 0.294 e. The van der Waals surface area contributed by atoms with E-state index in [4.69, 9.17) is 5.73 Å². The van der Waals surface area contributed by atoms with Gasteiger partial charge >= 0.3 is 0 Å². The Kier molecular flexibility index (Phi) is 2.94. The molecule has 0 saturated carbocycles. The third-order valence-corrected chi connectivity index (χ3v) is 2.68. The normalized spacial score (nSPS) is 11.2. The minimum absolute atomic E-state index is 0.00228. The molecule has 2 rings (SSSR count). The molecule has 96 valence electrons. The van der Waals surface area contributed by atoms with Gasteiger partial charge in [0.15, 0.2) is 5.82 Å². The number of nitrogens with zero attached hydrogens (tertiary/aromatic N) is 1. The molecule has 3 N–H and O–H groups in total. The highest BCUT2D eigenvalue weighted by Gasteiger charge is 2.17. The summed E-state index contributed by atoms with van der Waals surface area (Å²) >= 11 is 0. The molecule has 2 aromatic rings. The second-order valence-electron chi connectivity index (χ2n) is 4.33. The summed E-state index contributed by atoms with van der Waals surface area (Å²) in [7, 11) is 0. The van der Waals surface area contributed by atoms with Gasteiger partial charge < -0.3 is 5.73 Å². The Labute approximate surface area is 102 Å². The first-order chi connectivity index (χ1) is 8.41. The molecule has 0 amide bonds. The number of hydrogen-bond acceptors (Lipinski definition) is 2. The van der Waals surface area contributed by atoms with Crippen molar-refractivity contribution in [1.82, 2.24) is 9.78 Å². The number of nitrogen functional groups attached to an aromatic ring is 1. The fourth-order valence-corrected chi connectivity index (χ4v) is 1.74. The standard InChI is InChI=1S/C12H13F2N3O/c1-6(2)11-10(15)12(18)17(16-11)9-4-3-7(13)5-8(9)14/h3-6,16H,15H2,1-2H3. The average Bonchev–Trinajstić information content (AvgIpc) is 2.57. The minimum atomic E-state index is -0.825. The second kappa shape index (κ2) is 4.29. The van der Waals surface area contributed by atoms with Gasteiger partial charge in [-0.2, -0.15) is 0 Å². The lowest BCUT2D eigenvalue weighted by Gasteiger charge is -2.04. The van der Waals surface area contributed by atoms with Crippen molar-refractivity contribution < 1.29 is 8.78 Å². The van der Waals surface area contributed by atoms with Crippen molar-refractivity contribution in [2.75, 3.05) is 5.73 Å². The van der Waals surface area contributed by atoms with E-state index in [0.29, 0.717) is 11.8 Å². The van der Waals surface area contributed by atoms with E-state index >= 15 is 0 Å². The van der Waals surface area contributed by atoms with E-state index < -0.39 is 17.2 Å². The van der Waals surface area contributed by atoms with Crippen LogP contribution in [0.4, 0.5) is 14.5 Å². The van der Waals surface area contributed by atoms with Crippen LogP contribution in [0.15, 0.2) is 23.0 Å². The molecule has 18 heavy (non-hydrogen) atoms. The summed E-state index contributed by atoms with van der Waals surface area (Å²) in [6.45, 7) is 3.71. The molecule has 0 aliphatic rings. The molecule has 4 nitrogen and oxygen atoms in total. The first kappa shape index (κ1) is 12.3. The Bertz CT molecular complexity index is 643. The number of rotatable bonds is 2. The largest absolute Gasteiger partial charge is 0.393 e. The Hall–Kier alpha value is -2.11. The van der Waals surface area contributed by atoms with Gasteiger partial charge in [0.1, 0.15) is 17.2 Å². The highest BCUT2D eigenvalue weighted by Crippen LogP contribution is 2.19. The van der Waals surface area contributed by atoms with Gasteiger partial charge in [-0.1, -0.05) is 13.8 Å². The van der Waals surface area contributed by atoms with Gasteiger partial charge in [-0.15, -0.1) is 0 Å². The quantitative estimate of drug-likeness (QED) is 0.861. The van der Waals surface area contributed by atoms with Crippen LogP contribution in [0.1, 0.15) is 25.5 Å². The van der Waals surface area contributed by atoms with Crippen LogP contribution in [0.5, 0.6) is 0 Å². The molecule has 0 spiro atoms. The number of nitrogens with one attached hydrogen (secondary N) is 1. The van der Waals surface area contributed by atoms with E-state index in [1.54, 1.807) is 0 Å². The zero-order chi connectivity index (χ0) is 13.4. The minimum Gasteiger partial charge on any atom is -0.393 e. The van der Waals surface area contributed by atoms with Crippen LogP contribution in [-0.4, -0.2) is 9.78 Å². The number of benzene rings is 1. The Morgan fingerprint density at radius 1 is 1.33 bits per heavy atom. The fourth-order valence-electron chi connectivity index (χ4n) is 1.74. The number of H-pyrrole nitrogens is 1. The predicted molar refractivity (Wildman–Crippen MR) is 64.8 cm³/mol. The zero-order valence-electron chi connectivity index (χ0n) is 10.00. The molecular formula is C12H13F2N3O. The molecule has 1 heterocycles. The van der Waals surface area contributed by atoms with Crippen molar-refractivity contribution in [3.8, 4) is 5.69 Å². The van der Waals surface area contributed by atoms with Crippen LogP contribution in [0.3, 0.4) is 0 Å². The predicted octanol–water partition coefficient (Wildman–Crippen LogP) is 2.15. The average molecular weight is 253 g/mol. The summed E-state index contributed by atoms with van der Waals surface area (Å²) in [5.74, 6) is -1.52. The Morgan fingerprint density at radius 3 is 2.50 bits per heavy atom. The molecule has 0 saturated heterocycles. The van der Waals surface area contributed by atoms with Crippen molar-refractivity contribution in [1.29, 1.82) is 0 Å². The van der Waals surface area contributed by atoms with Crippen molar-refractivity contribution >= 4 is 5.69 Å². The molecule has 0 aliphatic carbocycles. The van der Waals surface area contributed by atoms with Crippen LogP contribution in [0.25, 0.3) is 5.69 Å². The van der Waals surface area contributed by atoms with Crippen LogP contribution in [0.2, 0.25) is 0 Å². The van der Waals surface area contributed by atoms with Gasteiger partial charge in [0.2, 0.25) is 0 Å². The molecule has 0 radical (unpaired) electrons. The number of aromatic nitrogens is 2. The first-order valence-electron chi connectivity index (χ1n) is 5.47. The Balaban J connectivity index is 2.65. The number of aromatic amines is 1. The fraction of sp³-hybridized carbons (Fsp3) is 0.250. The maximum Gasteiger partial charge on any atom is 0.294 e. The van der Waals surface area contributed by atoms with Gasteiger partial charge in [-0.25, -0.2) is 13.5 Å². The van der Waals surface area contributed by atoms with Gasteiger partial charge in [0.05, 0.1) is 5.69 Å². The number of halogens is 2. The molecule has 0 bridgehead atoms. The molecule has 0 atom stereocenters. The molecule has 0 aliphatic heterocycles. The summed E-state index contributed by atoms with van der Waals surface area (Å²) in [4.78, 5) is 11.9. The summed E-state index contributed by atoms with van der Waals surface area (Å²) < 4.78 is 27.4. The van der Waals surface area contributed by atoms with Crippen molar-refractivity contribution in [2.45, 2.75) is 19.8 Å². The first-order valence-corrected chi connectivity index (χ1v) is 5.47. The van der Waals surface area contributed by atoms with E-state index in [9.17, 15) is 13.6 Å². The third-order valence-electron chi connectivity index (χ3n) is 2.68. The summed E-state index contributed by atoms with van der Waals surface area (Å²) in [5, 5.41) is 2.74. The van der Waals surface area contributed by atoms with Crippen LogP contribution >= 0.6 is 0 Å². The highest BCUT2D eigenvalue weighted by atomic mass is 19.1. The highest BCUT2D eigenvalue weighted by molar-refractivity contribution is 5.46. The van der Waals surface area contributed by atoms with Gasteiger partial charge in [-0.3, -0.25) is 9.89 Å². The van der Waals surface area contributed by atoms with Gasteiger partial charge in [0, 0.05) is 6.07 Å². The van der Waals surface area contributed by atoms with E-state index in [2.05, 4.69) is 5.10 Å². The third kappa shape index (κ3) is 1.90. The summed E-state index contributed by atoms with van der Waals surface area (Å²) in [5.41, 5.74) is 5.65. The summed E-state index contributed by atoms with van der Waals surface area (Å²) in [6.07, 6.45) is 0. The lowest BCUT2D eigenvalue weighted by atomic mass is 10.1. The van der Waals surface area contributed by atoms with Crippen LogP contribution in [0, 0.1) is 11.6 Å². The Morgan fingerprint density at radius 2 is 2.00 bits per heavy atom. The topological polar surface area (TPSA) is 63.8 Å². The van der Waals surface area contributed by atoms with E-state index in [1.807, 2.05) is 13.8 Å². The number of nitrogens with two attached hydrogens (primary N) is 1. The number of hydrogen-bond donors (Lipinski definition) is 2. The molecule has 0 unspecified atom stereocenters. The lowest BCUT2D eigenvalue weighted by molar-refractivity contribution is 0.571. The van der Waals surface area contributed by atoms with Crippen LogP contribution in [-0.2, 0) is 0 Å². The number of anilines is 1. The van der Waals surface area contributed by atoms with Crippen molar-refractivity contribution in [3.05, 3.63) is 45.9 Å².